The van der Waals surface area contributed by atoms with Crippen molar-refractivity contribution in [1.82, 2.24) is 5.32 Å². The standard InChI is InChI=1S/C4H10N2O/c1-3(6-2)4(5)7/h4,6-7H,1,5H2,2H3. The van der Waals surface area contributed by atoms with Crippen molar-refractivity contribution in [3.8, 4) is 0 Å². The van der Waals surface area contributed by atoms with Crippen LogP contribution >= 0.6 is 0 Å². The molecule has 0 aliphatic carbocycles. The van der Waals surface area contributed by atoms with Gasteiger partial charge in [0.05, 0.1) is 0 Å². The lowest BCUT2D eigenvalue weighted by atomic mass is 10.4. The van der Waals surface area contributed by atoms with Crippen LogP contribution < -0.4 is 11.1 Å². The van der Waals surface area contributed by atoms with Gasteiger partial charge in [-0.05, 0) is 0 Å². The van der Waals surface area contributed by atoms with Crippen molar-refractivity contribution < 1.29 is 5.11 Å². The van der Waals surface area contributed by atoms with Gasteiger partial charge in [-0.1, -0.05) is 6.58 Å². The summed E-state index contributed by atoms with van der Waals surface area (Å²) in [6, 6.07) is 0. The van der Waals surface area contributed by atoms with Gasteiger partial charge < -0.3 is 16.2 Å². The molecule has 0 amide bonds. The summed E-state index contributed by atoms with van der Waals surface area (Å²) < 4.78 is 0. The smallest absolute Gasteiger partial charge is 0.142 e. The number of rotatable bonds is 2. The highest BCUT2D eigenvalue weighted by Crippen LogP contribution is 1.81. The fraction of sp³-hybridized carbons (Fsp3) is 0.500. The molecule has 0 spiro atoms. The minimum absolute atomic E-state index is 0.431. The second kappa shape index (κ2) is 2.60. The van der Waals surface area contributed by atoms with E-state index in [1.54, 1.807) is 7.05 Å². The van der Waals surface area contributed by atoms with Crippen molar-refractivity contribution in [2.75, 3.05) is 7.05 Å². The Hall–Kier alpha value is -0.540. The molecule has 0 aromatic carbocycles. The van der Waals surface area contributed by atoms with E-state index in [1.807, 2.05) is 0 Å². The molecule has 0 saturated carbocycles. The van der Waals surface area contributed by atoms with Gasteiger partial charge in [-0.25, -0.2) is 0 Å². The van der Waals surface area contributed by atoms with Crippen LogP contribution in [0.2, 0.25) is 0 Å². The number of likely N-dealkylation sites (N-methyl/N-ethyl adjacent to an activating group) is 1. The third-order valence-electron chi connectivity index (χ3n) is 0.678. The summed E-state index contributed by atoms with van der Waals surface area (Å²) in [5, 5.41) is 11.0. The Kier molecular flexibility index (Phi) is 2.40. The van der Waals surface area contributed by atoms with Crippen LogP contribution in [0.15, 0.2) is 12.3 Å². The molecule has 0 saturated heterocycles. The highest BCUT2D eigenvalue weighted by atomic mass is 16.3. The monoisotopic (exact) mass is 102 g/mol. The molecule has 1 atom stereocenters. The molecule has 0 heterocycles. The van der Waals surface area contributed by atoms with Gasteiger partial charge in [0.15, 0.2) is 0 Å². The Labute approximate surface area is 42.8 Å². The predicted molar refractivity (Wildman–Crippen MR) is 28.4 cm³/mol. The van der Waals surface area contributed by atoms with E-state index < -0.39 is 6.23 Å². The Bertz CT molecular complexity index is 70.1. The first-order chi connectivity index (χ1) is 3.18. The SMILES string of the molecule is C=C(NC)C(N)O. The molecule has 7 heavy (non-hydrogen) atoms. The Balaban J connectivity index is 3.35. The van der Waals surface area contributed by atoms with Crippen LogP contribution in [0, 0.1) is 0 Å². The van der Waals surface area contributed by atoms with Gasteiger partial charge in [0.25, 0.3) is 0 Å². The van der Waals surface area contributed by atoms with E-state index in [-0.39, 0.29) is 0 Å². The quantitative estimate of drug-likeness (QED) is 0.392. The fourth-order valence-electron chi connectivity index (χ4n) is 0.148. The van der Waals surface area contributed by atoms with Gasteiger partial charge >= 0.3 is 0 Å². The van der Waals surface area contributed by atoms with Crippen molar-refractivity contribution in [2.24, 2.45) is 5.73 Å². The van der Waals surface area contributed by atoms with Crippen molar-refractivity contribution in [1.29, 1.82) is 0 Å². The summed E-state index contributed by atoms with van der Waals surface area (Å²) in [6.45, 7) is 3.39. The first-order valence-corrected chi connectivity index (χ1v) is 1.98. The summed E-state index contributed by atoms with van der Waals surface area (Å²) in [7, 11) is 1.65. The van der Waals surface area contributed by atoms with Gasteiger partial charge in [0.1, 0.15) is 6.23 Å². The molecule has 0 fully saturated rings. The van der Waals surface area contributed by atoms with Gasteiger partial charge in [0.2, 0.25) is 0 Å². The first kappa shape index (κ1) is 6.46. The zero-order valence-electron chi connectivity index (χ0n) is 4.31. The summed E-state index contributed by atoms with van der Waals surface area (Å²) >= 11 is 0. The third kappa shape index (κ3) is 2.19. The van der Waals surface area contributed by atoms with Crippen molar-refractivity contribution in [3.05, 3.63) is 12.3 Å². The van der Waals surface area contributed by atoms with Crippen molar-refractivity contribution in [2.45, 2.75) is 6.23 Å². The summed E-state index contributed by atoms with van der Waals surface area (Å²) in [6.07, 6.45) is -0.940. The highest BCUT2D eigenvalue weighted by molar-refractivity contribution is 4.93. The molecule has 4 N–H and O–H groups in total. The number of hydrogen-bond donors (Lipinski definition) is 3. The van der Waals surface area contributed by atoms with E-state index in [1.165, 1.54) is 0 Å². The molecule has 3 nitrogen and oxygen atoms in total. The average Bonchev–Trinajstić information content (AvgIpc) is 1.65. The number of nitrogens with two attached hydrogens (primary N) is 1. The average molecular weight is 102 g/mol. The number of aliphatic hydroxyl groups excluding tert-OH is 1. The lowest BCUT2D eigenvalue weighted by molar-refractivity contribution is 0.212. The van der Waals surface area contributed by atoms with Crippen LogP contribution in [-0.2, 0) is 0 Å². The van der Waals surface area contributed by atoms with E-state index in [9.17, 15) is 0 Å². The normalized spacial score (nSPS) is 13.0. The van der Waals surface area contributed by atoms with E-state index in [0.29, 0.717) is 5.70 Å². The number of hydrogen-bond acceptors (Lipinski definition) is 3. The lowest BCUT2D eigenvalue weighted by Gasteiger charge is -2.04. The summed E-state index contributed by atoms with van der Waals surface area (Å²) in [5.41, 5.74) is 5.37. The van der Waals surface area contributed by atoms with Crippen LogP contribution in [0.4, 0.5) is 0 Å². The largest absolute Gasteiger partial charge is 0.389 e. The lowest BCUT2D eigenvalue weighted by Crippen LogP contribution is -2.27. The maximum Gasteiger partial charge on any atom is 0.142 e. The first-order valence-electron chi connectivity index (χ1n) is 1.98. The van der Waals surface area contributed by atoms with Crippen LogP contribution in [0.3, 0.4) is 0 Å². The molecule has 0 bridgehead atoms. The maximum absolute atomic E-state index is 8.44. The second-order valence-electron chi connectivity index (χ2n) is 1.22. The second-order valence-corrected chi connectivity index (χ2v) is 1.22. The topological polar surface area (TPSA) is 58.3 Å². The van der Waals surface area contributed by atoms with Crippen LogP contribution in [0.1, 0.15) is 0 Å². The fourth-order valence-corrected chi connectivity index (χ4v) is 0.148. The molecule has 0 aromatic rings. The van der Waals surface area contributed by atoms with Crippen molar-refractivity contribution >= 4 is 0 Å². The summed E-state index contributed by atoms with van der Waals surface area (Å²) in [5.74, 6) is 0. The van der Waals surface area contributed by atoms with E-state index in [0.717, 1.165) is 0 Å². The van der Waals surface area contributed by atoms with Gasteiger partial charge in [-0.2, -0.15) is 0 Å². The van der Waals surface area contributed by atoms with Gasteiger partial charge in [-0.3, -0.25) is 0 Å². The number of nitrogens with one attached hydrogen (secondary N) is 1. The Morgan fingerprint density at radius 1 is 2.00 bits per heavy atom. The zero-order valence-corrected chi connectivity index (χ0v) is 4.31. The van der Waals surface area contributed by atoms with Crippen LogP contribution in [0.5, 0.6) is 0 Å². The molecule has 0 radical (unpaired) electrons. The minimum Gasteiger partial charge on any atom is -0.389 e. The van der Waals surface area contributed by atoms with Crippen molar-refractivity contribution in [3.63, 3.8) is 0 Å². The van der Waals surface area contributed by atoms with E-state index in [2.05, 4.69) is 11.9 Å². The zero-order chi connectivity index (χ0) is 5.86. The number of aliphatic hydroxyl groups is 1. The molecule has 1 unspecified atom stereocenters. The van der Waals surface area contributed by atoms with Gasteiger partial charge in [0, 0.05) is 12.7 Å². The maximum atomic E-state index is 8.44. The molecule has 0 rings (SSSR count). The molecule has 3 heteroatoms. The van der Waals surface area contributed by atoms with E-state index >= 15 is 0 Å². The Morgan fingerprint density at radius 3 is 2.43 bits per heavy atom. The molecule has 0 aromatic heterocycles. The van der Waals surface area contributed by atoms with E-state index in [4.69, 9.17) is 10.8 Å². The predicted octanol–water partition coefficient (Wildman–Crippen LogP) is -1.00. The highest BCUT2D eigenvalue weighted by Gasteiger charge is 1.94. The van der Waals surface area contributed by atoms with Crippen LogP contribution in [0.25, 0.3) is 0 Å². The molecule has 0 aliphatic rings. The van der Waals surface area contributed by atoms with Crippen LogP contribution in [-0.4, -0.2) is 18.4 Å². The third-order valence-corrected chi connectivity index (χ3v) is 0.678. The molecule has 0 aliphatic heterocycles. The minimum atomic E-state index is -0.940. The molecular weight excluding hydrogens is 92.1 g/mol. The molecular formula is C4H10N2O. The molecule has 42 valence electrons. The van der Waals surface area contributed by atoms with Gasteiger partial charge in [-0.15, -0.1) is 0 Å². The summed E-state index contributed by atoms with van der Waals surface area (Å²) in [4.78, 5) is 0. The Morgan fingerprint density at radius 2 is 2.43 bits per heavy atom.